The number of aryl methyl sites for hydroxylation is 1. The van der Waals surface area contributed by atoms with E-state index in [1.165, 1.54) is 17.7 Å². The molecule has 7 nitrogen and oxygen atoms in total. The summed E-state index contributed by atoms with van der Waals surface area (Å²) in [5.41, 5.74) is 2.46. The number of anilines is 1. The number of nitro groups is 1. The number of nitro benzene ring substituents is 1. The predicted octanol–water partition coefficient (Wildman–Crippen LogP) is 3.91. The monoisotopic (exact) mass is 397 g/mol. The first-order valence-electron chi connectivity index (χ1n) is 9.94. The Morgan fingerprint density at radius 2 is 1.93 bits per heavy atom. The average molecular weight is 397 g/mol. The molecule has 2 aromatic carbocycles. The number of nitrogens with one attached hydrogen (secondary N) is 1. The summed E-state index contributed by atoms with van der Waals surface area (Å²) in [5.74, 6) is -0.129. The first-order valence-corrected chi connectivity index (χ1v) is 9.94. The number of benzene rings is 2. The van der Waals surface area contributed by atoms with Crippen LogP contribution in [-0.2, 0) is 16.1 Å². The Morgan fingerprint density at radius 3 is 2.62 bits per heavy atom. The molecular formula is C22H27N3O4. The summed E-state index contributed by atoms with van der Waals surface area (Å²) in [6.45, 7) is 4.94. The molecule has 0 saturated carbocycles. The molecule has 1 heterocycles. The van der Waals surface area contributed by atoms with Gasteiger partial charge in [0.1, 0.15) is 0 Å². The summed E-state index contributed by atoms with van der Waals surface area (Å²) in [5, 5.41) is 13.7. The first-order chi connectivity index (χ1) is 14.0. The Kier molecular flexibility index (Phi) is 7.32. The molecule has 0 aliphatic carbocycles. The first kappa shape index (κ1) is 21.0. The Labute approximate surface area is 170 Å². The van der Waals surface area contributed by atoms with Crippen molar-refractivity contribution in [2.45, 2.75) is 38.9 Å². The Bertz CT molecular complexity index is 833. The minimum absolute atomic E-state index is 0.0246. The van der Waals surface area contributed by atoms with Crippen LogP contribution < -0.4 is 5.32 Å². The molecule has 1 aliphatic rings. The zero-order valence-electron chi connectivity index (χ0n) is 16.7. The quantitative estimate of drug-likeness (QED) is 0.539. The molecule has 154 valence electrons. The van der Waals surface area contributed by atoms with Crippen molar-refractivity contribution in [1.82, 2.24) is 4.90 Å². The maximum Gasteiger partial charge on any atom is 0.271 e. The number of carbonyl (C=O) groups is 1. The van der Waals surface area contributed by atoms with E-state index < -0.39 is 4.92 Å². The van der Waals surface area contributed by atoms with Crippen LogP contribution in [0, 0.1) is 17.0 Å². The van der Waals surface area contributed by atoms with Gasteiger partial charge in [-0.25, -0.2) is 0 Å². The summed E-state index contributed by atoms with van der Waals surface area (Å²) in [4.78, 5) is 25.0. The molecule has 1 N–H and O–H groups in total. The highest BCUT2D eigenvalue weighted by atomic mass is 16.6. The molecule has 1 amide bonds. The zero-order chi connectivity index (χ0) is 20.6. The van der Waals surface area contributed by atoms with E-state index in [0.717, 1.165) is 31.5 Å². The SMILES string of the molecule is Cc1ccc([N+](=O)[O-])cc1NC(=O)CCN1CCC(OCc2ccccc2)CC1. The number of likely N-dealkylation sites (tertiary alicyclic amines) is 1. The number of amides is 1. The van der Waals surface area contributed by atoms with Crippen LogP contribution in [-0.4, -0.2) is 41.5 Å². The van der Waals surface area contributed by atoms with Crippen LogP contribution in [0.25, 0.3) is 0 Å². The molecular weight excluding hydrogens is 370 g/mol. The van der Waals surface area contributed by atoms with Crippen LogP contribution in [0.4, 0.5) is 11.4 Å². The molecule has 1 saturated heterocycles. The zero-order valence-corrected chi connectivity index (χ0v) is 16.7. The van der Waals surface area contributed by atoms with Gasteiger partial charge in [-0.2, -0.15) is 0 Å². The topological polar surface area (TPSA) is 84.7 Å². The minimum Gasteiger partial charge on any atom is -0.373 e. The molecule has 0 unspecified atom stereocenters. The number of ether oxygens (including phenoxy) is 1. The fourth-order valence-corrected chi connectivity index (χ4v) is 3.42. The van der Waals surface area contributed by atoms with Crippen molar-refractivity contribution in [1.29, 1.82) is 0 Å². The second-order valence-corrected chi connectivity index (χ2v) is 7.39. The van der Waals surface area contributed by atoms with Gasteiger partial charge >= 0.3 is 0 Å². The minimum atomic E-state index is -0.459. The van der Waals surface area contributed by atoms with E-state index in [9.17, 15) is 14.9 Å². The van der Waals surface area contributed by atoms with E-state index in [2.05, 4.69) is 22.3 Å². The fraction of sp³-hybridized carbons (Fsp3) is 0.409. The summed E-state index contributed by atoms with van der Waals surface area (Å²) in [6, 6.07) is 14.7. The summed E-state index contributed by atoms with van der Waals surface area (Å²) in [7, 11) is 0. The Morgan fingerprint density at radius 1 is 1.21 bits per heavy atom. The van der Waals surface area contributed by atoms with Gasteiger partial charge in [-0.3, -0.25) is 14.9 Å². The molecule has 0 aromatic heterocycles. The third kappa shape index (κ3) is 6.37. The molecule has 0 bridgehead atoms. The summed E-state index contributed by atoms with van der Waals surface area (Å²) < 4.78 is 6.00. The molecule has 1 aliphatic heterocycles. The molecule has 29 heavy (non-hydrogen) atoms. The van der Waals surface area contributed by atoms with Gasteiger partial charge in [0.25, 0.3) is 5.69 Å². The van der Waals surface area contributed by atoms with Crippen LogP contribution in [0.5, 0.6) is 0 Å². The number of nitrogens with zero attached hydrogens (tertiary/aromatic N) is 2. The van der Waals surface area contributed by atoms with Crippen molar-refractivity contribution in [2.24, 2.45) is 0 Å². The van der Waals surface area contributed by atoms with Crippen LogP contribution in [0.2, 0.25) is 0 Å². The van der Waals surface area contributed by atoms with Crippen LogP contribution in [0.1, 0.15) is 30.4 Å². The highest BCUT2D eigenvalue weighted by Crippen LogP contribution is 2.22. The predicted molar refractivity (Wildman–Crippen MR) is 112 cm³/mol. The average Bonchev–Trinajstić information content (AvgIpc) is 2.73. The summed E-state index contributed by atoms with van der Waals surface area (Å²) >= 11 is 0. The maximum atomic E-state index is 12.3. The number of non-ortho nitro benzene ring substituents is 1. The van der Waals surface area contributed by atoms with E-state index in [4.69, 9.17) is 4.74 Å². The number of rotatable bonds is 8. The lowest BCUT2D eigenvalue weighted by atomic mass is 10.1. The van der Waals surface area contributed by atoms with E-state index in [1.807, 2.05) is 25.1 Å². The molecule has 7 heteroatoms. The lowest BCUT2D eigenvalue weighted by Gasteiger charge is -2.31. The van der Waals surface area contributed by atoms with Crippen molar-refractivity contribution in [3.63, 3.8) is 0 Å². The number of hydrogen-bond donors (Lipinski definition) is 1. The largest absolute Gasteiger partial charge is 0.373 e. The smallest absolute Gasteiger partial charge is 0.271 e. The van der Waals surface area contributed by atoms with Crippen molar-refractivity contribution in [3.05, 3.63) is 69.8 Å². The third-order valence-electron chi connectivity index (χ3n) is 5.22. The van der Waals surface area contributed by atoms with Gasteiger partial charge in [0.05, 0.1) is 23.3 Å². The number of carbonyl (C=O) groups excluding carboxylic acids is 1. The van der Waals surface area contributed by atoms with Crippen molar-refractivity contribution < 1.29 is 14.5 Å². The highest BCUT2D eigenvalue weighted by Gasteiger charge is 2.20. The Balaban J connectivity index is 1.38. The number of piperidine rings is 1. The van der Waals surface area contributed by atoms with Gasteiger partial charge in [-0.1, -0.05) is 36.4 Å². The number of hydrogen-bond acceptors (Lipinski definition) is 5. The van der Waals surface area contributed by atoms with Crippen LogP contribution >= 0.6 is 0 Å². The molecule has 0 spiro atoms. The lowest BCUT2D eigenvalue weighted by Crippen LogP contribution is -2.38. The molecule has 1 fully saturated rings. The highest BCUT2D eigenvalue weighted by molar-refractivity contribution is 5.92. The van der Waals surface area contributed by atoms with Crippen molar-refractivity contribution in [2.75, 3.05) is 25.0 Å². The summed E-state index contributed by atoms with van der Waals surface area (Å²) in [6.07, 6.45) is 2.53. The van der Waals surface area contributed by atoms with Gasteiger partial charge in [0.2, 0.25) is 5.91 Å². The van der Waals surface area contributed by atoms with Gasteiger partial charge in [-0.05, 0) is 30.9 Å². The fourth-order valence-electron chi connectivity index (χ4n) is 3.42. The van der Waals surface area contributed by atoms with Crippen molar-refractivity contribution >= 4 is 17.3 Å². The molecule has 0 radical (unpaired) electrons. The van der Waals surface area contributed by atoms with E-state index in [0.29, 0.717) is 25.3 Å². The van der Waals surface area contributed by atoms with Gasteiger partial charge in [0.15, 0.2) is 0 Å². The molecule has 2 aromatic rings. The normalized spacial score (nSPS) is 15.2. The van der Waals surface area contributed by atoms with Gasteiger partial charge < -0.3 is 15.0 Å². The second kappa shape index (κ2) is 10.1. The third-order valence-corrected chi connectivity index (χ3v) is 5.22. The Hall–Kier alpha value is -2.77. The van der Waals surface area contributed by atoms with Crippen molar-refractivity contribution in [3.8, 4) is 0 Å². The maximum absolute atomic E-state index is 12.3. The lowest BCUT2D eigenvalue weighted by molar-refractivity contribution is -0.384. The standard InChI is InChI=1S/C22H27N3O4/c1-17-7-8-19(25(27)28)15-21(17)23-22(26)11-14-24-12-9-20(10-13-24)29-16-18-5-3-2-4-6-18/h2-8,15,20H,9-14,16H2,1H3,(H,23,26). The second-order valence-electron chi connectivity index (χ2n) is 7.39. The van der Waals surface area contributed by atoms with E-state index in [1.54, 1.807) is 6.07 Å². The molecule has 3 rings (SSSR count). The van der Waals surface area contributed by atoms with E-state index >= 15 is 0 Å². The van der Waals surface area contributed by atoms with Crippen LogP contribution in [0.3, 0.4) is 0 Å². The van der Waals surface area contributed by atoms with Gasteiger partial charge in [-0.15, -0.1) is 0 Å². The van der Waals surface area contributed by atoms with Crippen LogP contribution in [0.15, 0.2) is 48.5 Å². The van der Waals surface area contributed by atoms with E-state index in [-0.39, 0.29) is 17.7 Å². The van der Waals surface area contributed by atoms with Gasteiger partial charge in [0, 0.05) is 38.2 Å². The molecule has 0 atom stereocenters.